The monoisotopic (exact) mass is 348 g/mol. The Balaban J connectivity index is 1.54. The maximum Gasteiger partial charge on any atom is 0.285 e. The third kappa shape index (κ3) is 2.70. The molecule has 8 heteroatoms. The van der Waals surface area contributed by atoms with Crippen molar-refractivity contribution < 1.29 is 0 Å². The molecule has 1 aliphatic heterocycles. The average Bonchev–Trinajstić information content (AvgIpc) is 3.17. The fraction of sp³-hybridized carbons (Fsp3) is 0.625. The van der Waals surface area contributed by atoms with E-state index in [4.69, 9.17) is 11.6 Å². The molecule has 0 radical (unpaired) electrons. The number of H-pyrrole nitrogens is 1. The van der Waals surface area contributed by atoms with Crippen LogP contribution in [0.25, 0.3) is 0 Å². The lowest BCUT2D eigenvalue weighted by Gasteiger charge is -2.28. The van der Waals surface area contributed by atoms with Crippen molar-refractivity contribution in [3.05, 3.63) is 33.0 Å². The van der Waals surface area contributed by atoms with Gasteiger partial charge in [-0.3, -0.25) is 4.79 Å². The summed E-state index contributed by atoms with van der Waals surface area (Å²) in [4.78, 5) is 13.7. The standard InChI is InChI=1S/C16H21ClN6O/c1-10-3-2-4-11(10)8-23-13-5-6-22(9-12(13)19-21-23)14-7-18-20-16(24)15(14)17/h7,10-11H,2-6,8-9H2,1H3,(H,20,24)/t10-,11+/m0/s1. The molecule has 0 bridgehead atoms. The van der Waals surface area contributed by atoms with Gasteiger partial charge in [0.05, 0.1) is 24.1 Å². The summed E-state index contributed by atoms with van der Waals surface area (Å²) in [5, 5.41) is 15.1. The number of halogens is 1. The number of aromatic amines is 1. The van der Waals surface area contributed by atoms with Crippen LogP contribution < -0.4 is 10.5 Å². The molecule has 128 valence electrons. The van der Waals surface area contributed by atoms with E-state index in [9.17, 15) is 4.79 Å². The van der Waals surface area contributed by atoms with Crippen molar-refractivity contribution in [3.63, 3.8) is 0 Å². The molecular formula is C16H21ClN6O. The predicted molar refractivity (Wildman–Crippen MR) is 91.1 cm³/mol. The third-order valence-corrected chi connectivity index (χ3v) is 5.81. The summed E-state index contributed by atoms with van der Waals surface area (Å²) < 4.78 is 2.09. The van der Waals surface area contributed by atoms with Crippen LogP contribution in [0.15, 0.2) is 11.0 Å². The van der Waals surface area contributed by atoms with E-state index in [1.54, 1.807) is 6.20 Å². The Kier molecular flexibility index (Phi) is 4.04. The molecule has 2 aromatic heterocycles. The zero-order valence-corrected chi connectivity index (χ0v) is 14.5. The molecule has 1 aliphatic carbocycles. The van der Waals surface area contributed by atoms with Gasteiger partial charge in [0.2, 0.25) is 0 Å². The van der Waals surface area contributed by atoms with E-state index in [0.717, 1.165) is 31.1 Å². The molecule has 1 saturated carbocycles. The maximum atomic E-state index is 11.6. The first-order chi connectivity index (χ1) is 11.6. The van der Waals surface area contributed by atoms with E-state index in [1.165, 1.54) is 25.0 Å². The van der Waals surface area contributed by atoms with Gasteiger partial charge in [-0.15, -0.1) is 5.10 Å². The van der Waals surface area contributed by atoms with Crippen LogP contribution in [0.5, 0.6) is 0 Å². The molecule has 0 spiro atoms. The number of aromatic nitrogens is 5. The van der Waals surface area contributed by atoms with Gasteiger partial charge in [-0.25, -0.2) is 9.78 Å². The van der Waals surface area contributed by atoms with Crippen LogP contribution in [0.4, 0.5) is 5.69 Å². The van der Waals surface area contributed by atoms with E-state index in [2.05, 4.69) is 32.1 Å². The number of nitrogens with zero attached hydrogens (tertiary/aromatic N) is 5. The Labute approximate surface area is 145 Å². The fourth-order valence-corrected chi connectivity index (χ4v) is 4.14. The Bertz CT molecular complexity index is 800. The lowest BCUT2D eigenvalue weighted by atomic mass is 9.98. The van der Waals surface area contributed by atoms with Gasteiger partial charge >= 0.3 is 0 Å². The number of rotatable bonds is 3. The van der Waals surface area contributed by atoms with Gasteiger partial charge < -0.3 is 4.90 Å². The molecule has 1 N–H and O–H groups in total. The molecule has 2 aliphatic rings. The second-order valence-electron chi connectivity index (χ2n) is 6.90. The first kappa shape index (κ1) is 15.6. The summed E-state index contributed by atoms with van der Waals surface area (Å²) in [5.41, 5.74) is 2.49. The van der Waals surface area contributed by atoms with Gasteiger partial charge in [-0.05, 0) is 18.3 Å². The van der Waals surface area contributed by atoms with Crippen LogP contribution in [0.3, 0.4) is 0 Å². The molecule has 0 saturated heterocycles. The highest BCUT2D eigenvalue weighted by molar-refractivity contribution is 6.32. The van der Waals surface area contributed by atoms with Gasteiger partial charge in [-0.2, -0.15) is 5.10 Å². The molecule has 2 atom stereocenters. The molecule has 0 aromatic carbocycles. The Morgan fingerprint density at radius 3 is 3.08 bits per heavy atom. The SMILES string of the molecule is C[C@H]1CCC[C@@H]1Cn1nnc2c1CCN(c1cn[nH]c(=O)c1Cl)C2. The van der Waals surface area contributed by atoms with Crippen LogP contribution in [-0.2, 0) is 19.5 Å². The summed E-state index contributed by atoms with van der Waals surface area (Å²) in [7, 11) is 0. The summed E-state index contributed by atoms with van der Waals surface area (Å²) in [5.74, 6) is 1.48. The molecule has 2 aromatic rings. The highest BCUT2D eigenvalue weighted by Crippen LogP contribution is 2.33. The van der Waals surface area contributed by atoms with Gasteiger partial charge in [0, 0.05) is 19.5 Å². The predicted octanol–water partition coefficient (Wildman–Crippen LogP) is 2.01. The van der Waals surface area contributed by atoms with Gasteiger partial charge in [0.15, 0.2) is 0 Å². The van der Waals surface area contributed by atoms with Crippen molar-refractivity contribution in [2.75, 3.05) is 11.4 Å². The molecule has 4 rings (SSSR count). The number of hydrogen-bond donors (Lipinski definition) is 1. The van der Waals surface area contributed by atoms with E-state index in [-0.39, 0.29) is 10.6 Å². The quantitative estimate of drug-likeness (QED) is 0.917. The molecule has 3 heterocycles. The number of fused-ring (bicyclic) bond motifs is 1. The normalized spacial score (nSPS) is 23.5. The second-order valence-corrected chi connectivity index (χ2v) is 7.28. The summed E-state index contributed by atoms with van der Waals surface area (Å²) in [6.45, 7) is 4.70. The lowest BCUT2D eigenvalue weighted by molar-refractivity contribution is 0.338. The summed E-state index contributed by atoms with van der Waals surface area (Å²) >= 11 is 6.12. The van der Waals surface area contributed by atoms with Crippen molar-refractivity contribution >= 4 is 17.3 Å². The summed E-state index contributed by atoms with van der Waals surface area (Å²) in [6, 6.07) is 0. The zero-order valence-electron chi connectivity index (χ0n) is 13.7. The van der Waals surface area contributed by atoms with Crippen LogP contribution >= 0.6 is 11.6 Å². The molecule has 1 fully saturated rings. The number of hydrogen-bond acceptors (Lipinski definition) is 5. The molecule has 0 amide bonds. The lowest BCUT2D eigenvalue weighted by Crippen LogP contribution is -2.33. The van der Waals surface area contributed by atoms with Crippen molar-refractivity contribution in [2.45, 2.75) is 45.7 Å². The molecule has 24 heavy (non-hydrogen) atoms. The Hall–Kier alpha value is -1.89. The van der Waals surface area contributed by atoms with Crippen LogP contribution in [0.2, 0.25) is 5.02 Å². The minimum atomic E-state index is -0.362. The van der Waals surface area contributed by atoms with Crippen LogP contribution in [0.1, 0.15) is 37.6 Å². The number of anilines is 1. The van der Waals surface area contributed by atoms with Gasteiger partial charge in [0.1, 0.15) is 10.7 Å². The van der Waals surface area contributed by atoms with Crippen molar-refractivity contribution in [1.82, 2.24) is 25.2 Å². The highest BCUT2D eigenvalue weighted by atomic mass is 35.5. The Morgan fingerprint density at radius 2 is 2.29 bits per heavy atom. The Morgan fingerprint density at radius 1 is 1.42 bits per heavy atom. The van der Waals surface area contributed by atoms with Crippen molar-refractivity contribution in [1.29, 1.82) is 0 Å². The smallest absolute Gasteiger partial charge is 0.285 e. The maximum absolute atomic E-state index is 11.6. The molecule has 7 nitrogen and oxygen atoms in total. The van der Waals surface area contributed by atoms with Gasteiger partial charge in [0.25, 0.3) is 5.56 Å². The fourth-order valence-electron chi connectivity index (χ4n) is 3.93. The van der Waals surface area contributed by atoms with E-state index in [0.29, 0.717) is 18.2 Å². The average molecular weight is 349 g/mol. The first-order valence-electron chi connectivity index (χ1n) is 8.53. The zero-order chi connectivity index (χ0) is 16.7. The van der Waals surface area contributed by atoms with Crippen LogP contribution in [-0.4, -0.2) is 31.7 Å². The molecular weight excluding hydrogens is 328 g/mol. The third-order valence-electron chi connectivity index (χ3n) is 5.44. The van der Waals surface area contributed by atoms with Crippen molar-refractivity contribution in [3.8, 4) is 0 Å². The largest absolute Gasteiger partial charge is 0.362 e. The van der Waals surface area contributed by atoms with Crippen molar-refractivity contribution in [2.24, 2.45) is 11.8 Å². The van der Waals surface area contributed by atoms with Gasteiger partial charge in [-0.1, -0.05) is 36.6 Å². The van der Waals surface area contributed by atoms with E-state index >= 15 is 0 Å². The first-order valence-corrected chi connectivity index (χ1v) is 8.90. The minimum Gasteiger partial charge on any atom is -0.362 e. The highest BCUT2D eigenvalue weighted by Gasteiger charge is 2.28. The number of nitrogens with one attached hydrogen (secondary N) is 1. The second kappa shape index (κ2) is 6.20. The molecule has 0 unspecified atom stereocenters. The minimum absolute atomic E-state index is 0.181. The summed E-state index contributed by atoms with van der Waals surface area (Å²) in [6.07, 6.45) is 6.38. The van der Waals surface area contributed by atoms with E-state index in [1.807, 2.05) is 4.90 Å². The van der Waals surface area contributed by atoms with Crippen LogP contribution in [0, 0.1) is 11.8 Å². The topological polar surface area (TPSA) is 79.7 Å². The van der Waals surface area contributed by atoms with E-state index < -0.39 is 0 Å².